The minimum Gasteiger partial charge on any atom is -0.430 e. The van der Waals surface area contributed by atoms with Gasteiger partial charge in [0.05, 0.1) is 0 Å². The van der Waals surface area contributed by atoms with Crippen molar-refractivity contribution in [3.05, 3.63) is 0 Å². The van der Waals surface area contributed by atoms with Crippen LogP contribution < -0.4 is 5.73 Å². The zero-order chi connectivity index (χ0) is 7.70. The molecule has 0 spiro atoms. The largest absolute Gasteiger partial charge is 0.432 e. The van der Waals surface area contributed by atoms with Gasteiger partial charge in [0, 0.05) is 7.11 Å². The van der Waals surface area contributed by atoms with Crippen LogP contribution in [0.25, 0.3) is 0 Å². The molecule has 0 aromatic heterocycles. The molecule has 0 saturated heterocycles. The van der Waals surface area contributed by atoms with E-state index in [0.717, 1.165) is 0 Å². The summed E-state index contributed by atoms with van der Waals surface area (Å²) in [4.78, 5) is 9.70. The highest BCUT2D eigenvalue weighted by atomic mass is 35.5. The van der Waals surface area contributed by atoms with Gasteiger partial charge < -0.3 is 20.5 Å². The van der Waals surface area contributed by atoms with Crippen molar-refractivity contribution >= 4 is 26.0 Å². The number of hydrogen-bond acceptors (Lipinski definition) is 4. The number of rotatable bonds is 2. The molecular formula is C3H11BClNO4. The highest BCUT2D eigenvalue weighted by molar-refractivity contribution is 6.13. The Bertz CT molecular complexity index is 73.5. The Morgan fingerprint density at radius 1 is 1.70 bits per heavy atom. The standard InChI is InChI=1S/C3H7NO2.BH3O2.ClH/c1-6-2-3(4)5;2-1-3;/h2H2,1H3,(H2,4,5);1-3H;1H. The van der Waals surface area contributed by atoms with E-state index in [1.807, 2.05) is 0 Å². The maximum Gasteiger partial charge on any atom is 0.432 e. The van der Waals surface area contributed by atoms with Crippen LogP contribution in [0.2, 0.25) is 0 Å². The molecule has 0 aliphatic carbocycles. The van der Waals surface area contributed by atoms with Crippen molar-refractivity contribution in [2.24, 2.45) is 5.73 Å². The third-order valence-electron chi connectivity index (χ3n) is 0.287. The van der Waals surface area contributed by atoms with E-state index in [0.29, 0.717) is 0 Å². The maximum absolute atomic E-state index is 9.70. The molecule has 0 atom stereocenters. The molecule has 0 aliphatic heterocycles. The van der Waals surface area contributed by atoms with Gasteiger partial charge in [-0.2, -0.15) is 0 Å². The van der Waals surface area contributed by atoms with Crippen molar-refractivity contribution in [1.82, 2.24) is 0 Å². The van der Waals surface area contributed by atoms with Gasteiger partial charge in [-0.25, -0.2) is 0 Å². The van der Waals surface area contributed by atoms with Gasteiger partial charge in [-0.3, -0.25) is 4.79 Å². The summed E-state index contributed by atoms with van der Waals surface area (Å²) in [5, 5.41) is 14.2. The quantitative estimate of drug-likeness (QED) is 0.410. The molecule has 0 bridgehead atoms. The molecule has 0 aromatic carbocycles. The number of primary amides is 1. The predicted octanol–water partition coefficient (Wildman–Crippen LogP) is -2.22. The number of carbonyl (C=O) groups excluding carboxylic acids is 1. The predicted molar refractivity (Wildman–Crippen MR) is 39.9 cm³/mol. The lowest BCUT2D eigenvalue weighted by Crippen LogP contribution is -2.16. The zero-order valence-electron chi connectivity index (χ0n) is 5.61. The molecule has 0 aromatic rings. The third-order valence-corrected chi connectivity index (χ3v) is 0.287. The fraction of sp³-hybridized carbons (Fsp3) is 0.667. The summed E-state index contributed by atoms with van der Waals surface area (Å²) in [6.07, 6.45) is 0. The second-order valence-corrected chi connectivity index (χ2v) is 1.04. The summed E-state index contributed by atoms with van der Waals surface area (Å²) < 4.78 is 4.33. The molecule has 0 unspecified atom stereocenters. The van der Waals surface area contributed by atoms with Crippen LogP contribution in [0.15, 0.2) is 0 Å². The average Bonchev–Trinajstić information content (AvgIpc) is 1.67. The van der Waals surface area contributed by atoms with Gasteiger partial charge in [0.1, 0.15) is 6.61 Å². The third kappa shape index (κ3) is 47.3. The van der Waals surface area contributed by atoms with E-state index < -0.39 is 13.6 Å². The summed E-state index contributed by atoms with van der Waals surface area (Å²) in [6, 6.07) is 0. The van der Waals surface area contributed by atoms with E-state index in [1.165, 1.54) is 7.11 Å². The SMILES string of the molecule is COCC(N)=O.Cl.OBO. The molecule has 0 heterocycles. The average molecular weight is 171 g/mol. The monoisotopic (exact) mass is 171 g/mol. The zero-order valence-corrected chi connectivity index (χ0v) is 6.43. The molecule has 5 nitrogen and oxygen atoms in total. The van der Waals surface area contributed by atoms with Crippen molar-refractivity contribution in [1.29, 1.82) is 0 Å². The number of hydrogen-bond donors (Lipinski definition) is 3. The van der Waals surface area contributed by atoms with Crippen molar-refractivity contribution < 1.29 is 19.6 Å². The molecule has 7 heteroatoms. The smallest absolute Gasteiger partial charge is 0.430 e. The Labute approximate surface area is 65.9 Å². The van der Waals surface area contributed by atoms with E-state index in [4.69, 9.17) is 10.0 Å². The molecule has 10 heavy (non-hydrogen) atoms. The molecule has 62 valence electrons. The Hall–Kier alpha value is -0.295. The van der Waals surface area contributed by atoms with E-state index in [-0.39, 0.29) is 19.0 Å². The van der Waals surface area contributed by atoms with E-state index >= 15 is 0 Å². The Balaban J connectivity index is -0.000000107. The van der Waals surface area contributed by atoms with Crippen LogP contribution >= 0.6 is 12.4 Å². The Morgan fingerprint density at radius 3 is 2.00 bits per heavy atom. The first-order valence-electron chi connectivity index (χ1n) is 2.18. The molecule has 0 aliphatic rings. The Morgan fingerprint density at radius 2 is 2.00 bits per heavy atom. The lowest BCUT2D eigenvalue weighted by Gasteiger charge is -1.85. The fourth-order valence-corrected chi connectivity index (χ4v) is 0.142. The molecule has 1 amide bonds. The number of halogens is 1. The van der Waals surface area contributed by atoms with E-state index in [1.54, 1.807) is 0 Å². The second-order valence-electron chi connectivity index (χ2n) is 1.04. The normalized spacial score (nSPS) is 6.30. The van der Waals surface area contributed by atoms with Gasteiger partial charge in [0.25, 0.3) is 0 Å². The molecule has 0 fully saturated rings. The summed E-state index contributed by atoms with van der Waals surface area (Å²) in [6.45, 7) is 0.0139. The molecule has 0 radical (unpaired) electrons. The van der Waals surface area contributed by atoms with Crippen molar-refractivity contribution in [2.75, 3.05) is 13.7 Å². The first-order valence-corrected chi connectivity index (χ1v) is 2.18. The van der Waals surface area contributed by atoms with Crippen molar-refractivity contribution in [2.45, 2.75) is 0 Å². The van der Waals surface area contributed by atoms with Crippen molar-refractivity contribution in [3.8, 4) is 0 Å². The minimum absolute atomic E-state index is 0. The number of ether oxygens (including phenoxy) is 1. The van der Waals surface area contributed by atoms with Gasteiger partial charge in [-0.05, 0) is 0 Å². The summed E-state index contributed by atoms with van der Waals surface area (Å²) >= 11 is 0. The van der Waals surface area contributed by atoms with Gasteiger partial charge in [-0.1, -0.05) is 0 Å². The first kappa shape index (κ1) is 16.4. The summed E-state index contributed by atoms with van der Waals surface area (Å²) in [7, 11) is 0.671. The molecule has 0 saturated carbocycles. The van der Waals surface area contributed by atoms with Crippen molar-refractivity contribution in [3.63, 3.8) is 0 Å². The van der Waals surface area contributed by atoms with Gasteiger partial charge >= 0.3 is 7.69 Å². The number of nitrogens with two attached hydrogens (primary N) is 1. The number of carbonyl (C=O) groups is 1. The van der Waals surface area contributed by atoms with Crippen LogP contribution in [-0.2, 0) is 9.53 Å². The fourth-order valence-electron chi connectivity index (χ4n) is 0.142. The van der Waals surface area contributed by atoms with E-state index in [2.05, 4.69) is 10.5 Å². The minimum atomic E-state index is -0.750. The topological polar surface area (TPSA) is 92.8 Å². The Kier molecular flexibility index (Phi) is 26.0. The van der Waals surface area contributed by atoms with Crippen LogP contribution in [0.4, 0.5) is 0 Å². The van der Waals surface area contributed by atoms with Crippen LogP contribution in [-0.4, -0.2) is 37.4 Å². The highest BCUT2D eigenvalue weighted by Gasteiger charge is 1.84. The molecular weight excluding hydrogens is 160 g/mol. The van der Waals surface area contributed by atoms with Crippen LogP contribution in [0.3, 0.4) is 0 Å². The highest BCUT2D eigenvalue weighted by Crippen LogP contribution is 1.58. The van der Waals surface area contributed by atoms with E-state index in [9.17, 15) is 4.79 Å². The van der Waals surface area contributed by atoms with Gasteiger partial charge in [-0.15, -0.1) is 12.4 Å². The van der Waals surface area contributed by atoms with Gasteiger partial charge in [0.15, 0.2) is 0 Å². The lowest BCUT2D eigenvalue weighted by atomic mass is 10.5. The van der Waals surface area contributed by atoms with Crippen LogP contribution in [0, 0.1) is 0 Å². The van der Waals surface area contributed by atoms with Crippen LogP contribution in [0.5, 0.6) is 0 Å². The van der Waals surface area contributed by atoms with Gasteiger partial charge in [0.2, 0.25) is 5.91 Å². The molecule has 4 N–H and O–H groups in total. The summed E-state index contributed by atoms with van der Waals surface area (Å²) in [5.74, 6) is -0.433. The maximum atomic E-state index is 9.70. The lowest BCUT2D eigenvalue weighted by molar-refractivity contribution is -0.121. The molecule has 0 rings (SSSR count). The first-order chi connectivity index (χ1) is 4.18. The number of methoxy groups -OCH3 is 1. The van der Waals surface area contributed by atoms with Crippen LogP contribution in [0.1, 0.15) is 0 Å². The second kappa shape index (κ2) is 15.9. The summed E-state index contributed by atoms with van der Waals surface area (Å²) in [5.41, 5.74) is 4.64. The number of amides is 1.